The third-order valence-corrected chi connectivity index (χ3v) is 8.59. The van der Waals surface area contributed by atoms with Crippen molar-refractivity contribution in [2.45, 2.75) is 49.6 Å². The Morgan fingerprint density at radius 2 is 0.861 bits per heavy atom. The Morgan fingerprint density at radius 3 is 1.17 bits per heavy atom. The van der Waals surface area contributed by atoms with Crippen molar-refractivity contribution in [3.63, 3.8) is 0 Å². The van der Waals surface area contributed by atoms with Gasteiger partial charge in [-0.3, -0.25) is 0 Å². The quantitative estimate of drug-likeness (QED) is 0.388. The van der Waals surface area contributed by atoms with E-state index in [0.29, 0.717) is 0 Å². The van der Waals surface area contributed by atoms with E-state index < -0.39 is 32.1 Å². The van der Waals surface area contributed by atoms with Crippen LogP contribution in [0.3, 0.4) is 0 Å². The minimum absolute atomic E-state index is 0.236. The number of hydrogen-bond donors (Lipinski definition) is 2. The highest BCUT2D eigenvalue weighted by molar-refractivity contribution is 7.89. The van der Waals surface area contributed by atoms with E-state index in [2.05, 4.69) is 9.44 Å². The Balaban J connectivity index is 1.56. The largest absolute Gasteiger partial charge is 0.241 e. The minimum atomic E-state index is -3.59. The summed E-state index contributed by atoms with van der Waals surface area (Å²) < 4.78 is 55.4. The molecule has 0 aliphatic heterocycles. The molecule has 36 heavy (non-hydrogen) atoms. The zero-order valence-corrected chi connectivity index (χ0v) is 22.5. The van der Waals surface area contributed by atoms with Gasteiger partial charge in [-0.1, -0.05) is 84.0 Å². The number of benzene rings is 3. The van der Waals surface area contributed by atoms with E-state index in [1.54, 1.807) is 74.5 Å². The van der Waals surface area contributed by atoms with Crippen LogP contribution in [0.5, 0.6) is 0 Å². The topological polar surface area (TPSA) is 92.3 Å². The molecule has 3 rings (SSSR count). The van der Waals surface area contributed by atoms with Crippen LogP contribution in [0, 0.1) is 13.8 Å². The molecular weight excluding hydrogens is 492 g/mol. The lowest BCUT2D eigenvalue weighted by atomic mass is 10.1. The Kier molecular flexibility index (Phi) is 9.03. The Labute approximate surface area is 214 Å². The van der Waals surface area contributed by atoms with Crippen LogP contribution in [0.4, 0.5) is 0 Å². The van der Waals surface area contributed by atoms with E-state index in [4.69, 9.17) is 0 Å². The second-order valence-corrected chi connectivity index (χ2v) is 12.3. The molecule has 190 valence electrons. The number of aryl methyl sites for hydroxylation is 2. The third-order valence-electron chi connectivity index (χ3n) is 5.44. The van der Waals surface area contributed by atoms with Crippen LogP contribution >= 0.6 is 0 Å². The van der Waals surface area contributed by atoms with Gasteiger partial charge < -0.3 is 0 Å². The summed E-state index contributed by atoms with van der Waals surface area (Å²) in [5.74, 6) is 0. The molecule has 0 heterocycles. The highest BCUT2D eigenvalue weighted by Gasteiger charge is 2.16. The van der Waals surface area contributed by atoms with E-state index in [9.17, 15) is 16.8 Å². The van der Waals surface area contributed by atoms with E-state index in [1.165, 1.54) is 0 Å². The fourth-order valence-electron chi connectivity index (χ4n) is 3.37. The van der Waals surface area contributed by atoms with Gasteiger partial charge in [-0.25, -0.2) is 26.3 Å². The average molecular weight is 525 g/mol. The van der Waals surface area contributed by atoms with Crippen molar-refractivity contribution in [2.24, 2.45) is 0 Å². The van der Waals surface area contributed by atoms with Gasteiger partial charge in [-0.15, -0.1) is 0 Å². The zero-order chi connectivity index (χ0) is 26.3. The van der Waals surface area contributed by atoms with Gasteiger partial charge in [0.1, 0.15) is 0 Å². The summed E-state index contributed by atoms with van der Waals surface area (Å²) in [4.78, 5) is 0.472. The molecule has 0 aliphatic rings. The molecule has 2 atom stereocenters. The molecule has 0 saturated carbocycles. The van der Waals surface area contributed by atoms with Crippen molar-refractivity contribution in [3.8, 4) is 0 Å². The van der Waals surface area contributed by atoms with Crippen LogP contribution in [0.15, 0.2) is 94.7 Å². The molecule has 0 spiro atoms. The molecule has 0 fully saturated rings. The summed E-state index contributed by atoms with van der Waals surface area (Å²) in [5.41, 5.74) is 3.83. The second-order valence-electron chi connectivity index (χ2n) is 8.83. The Hall–Kier alpha value is -3.04. The summed E-state index contributed by atoms with van der Waals surface area (Å²) in [5, 5.41) is 0. The maximum Gasteiger partial charge on any atom is 0.241 e. The van der Waals surface area contributed by atoms with Gasteiger partial charge in [0.15, 0.2) is 0 Å². The molecule has 3 aromatic carbocycles. The summed E-state index contributed by atoms with van der Waals surface area (Å²) >= 11 is 0. The van der Waals surface area contributed by atoms with Gasteiger partial charge >= 0.3 is 0 Å². The van der Waals surface area contributed by atoms with Crippen LogP contribution in [0.2, 0.25) is 0 Å². The van der Waals surface area contributed by atoms with Crippen molar-refractivity contribution in [3.05, 3.63) is 107 Å². The summed E-state index contributed by atoms with van der Waals surface area (Å²) in [7, 11) is -7.19. The van der Waals surface area contributed by atoms with Crippen molar-refractivity contribution in [1.29, 1.82) is 0 Å². The predicted octanol–water partition coefficient (Wildman–Crippen LogP) is 5.06. The SMILES string of the molecule is Cc1ccc(S(=O)(=O)NC(C)/C=C/c2ccc(/C=C/C(C)NS(=O)(=O)c3ccc(C)cc3)cc2)cc1. The molecule has 0 bridgehead atoms. The average Bonchev–Trinajstić information content (AvgIpc) is 2.82. The van der Waals surface area contributed by atoms with Crippen LogP contribution in [-0.4, -0.2) is 28.9 Å². The van der Waals surface area contributed by atoms with Crippen LogP contribution in [0.1, 0.15) is 36.1 Å². The first-order valence-corrected chi connectivity index (χ1v) is 14.6. The molecular formula is C28H32N2O4S2. The summed E-state index contributed by atoms with van der Waals surface area (Å²) in [6.45, 7) is 7.37. The van der Waals surface area contributed by atoms with Crippen LogP contribution in [-0.2, 0) is 20.0 Å². The monoisotopic (exact) mass is 524 g/mol. The van der Waals surface area contributed by atoms with Gasteiger partial charge in [0.25, 0.3) is 0 Å². The lowest BCUT2D eigenvalue weighted by molar-refractivity contribution is 0.574. The zero-order valence-electron chi connectivity index (χ0n) is 20.8. The fourth-order valence-corrected chi connectivity index (χ4v) is 5.77. The van der Waals surface area contributed by atoms with Gasteiger partial charge in [0, 0.05) is 12.1 Å². The molecule has 0 aliphatic carbocycles. The maximum atomic E-state index is 12.5. The van der Waals surface area contributed by atoms with Gasteiger partial charge in [0.2, 0.25) is 20.0 Å². The van der Waals surface area contributed by atoms with Crippen molar-refractivity contribution in [1.82, 2.24) is 9.44 Å². The first-order chi connectivity index (χ1) is 16.9. The van der Waals surface area contributed by atoms with Crippen molar-refractivity contribution >= 4 is 32.2 Å². The van der Waals surface area contributed by atoms with Gasteiger partial charge in [-0.05, 0) is 63.1 Å². The van der Waals surface area contributed by atoms with Gasteiger partial charge in [0.05, 0.1) is 9.79 Å². The number of rotatable bonds is 10. The standard InChI is InChI=1S/C28H32N2O4S2/c1-21-5-17-27(18-6-21)35(31,32)29-23(3)9-11-25-13-15-26(16-14-25)12-10-24(4)30-36(33,34)28-19-7-22(2)8-20-28/h5-20,23-24,29-30H,1-4H3/b11-9+,12-10+. The number of hydrogen-bond acceptors (Lipinski definition) is 4. The Bertz CT molecular complexity index is 1310. The molecule has 0 saturated heterocycles. The summed E-state index contributed by atoms with van der Waals surface area (Å²) in [6, 6.07) is 20.3. The van der Waals surface area contributed by atoms with E-state index >= 15 is 0 Å². The number of nitrogens with one attached hydrogen (secondary N) is 2. The molecule has 2 unspecified atom stereocenters. The maximum absolute atomic E-state index is 12.5. The lowest BCUT2D eigenvalue weighted by Crippen LogP contribution is -2.31. The number of sulfonamides is 2. The molecule has 2 N–H and O–H groups in total. The highest BCUT2D eigenvalue weighted by Crippen LogP contribution is 2.14. The van der Waals surface area contributed by atoms with E-state index in [-0.39, 0.29) is 9.79 Å². The molecule has 3 aromatic rings. The van der Waals surface area contributed by atoms with Crippen molar-refractivity contribution < 1.29 is 16.8 Å². The first-order valence-electron chi connectivity index (χ1n) is 11.6. The minimum Gasteiger partial charge on any atom is -0.207 e. The van der Waals surface area contributed by atoms with Crippen LogP contribution in [0.25, 0.3) is 12.2 Å². The molecule has 8 heteroatoms. The van der Waals surface area contributed by atoms with Crippen LogP contribution < -0.4 is 9.44 Å². The molecule has 0 aromatic heterocycles. The Morgan fingerprint density at radius 1 is 0.556 bits per heavy atom. The van der Waals surface area contributed by atoms with E-state index in [1.807, 2.05) is 50.3 Å². The van der Waals surface area contributed by atoms with Gasteiger partial charge in [-0.2, -0.15) is 0 Å². The van der Waals surface area contributed by atoms with Crippen molar-refractivity contribution in [2.75, 3.05) is 0 Å². The molecule has 6 nitrogen and oxygen atoms in total. The lowest BCUT2D eigenvalue weighted by Gasteiger charge is -2.11. The first kappa shape index (κ1) is 27.5. The smallest absolute Gasteiger partial charge is 0.207 e. The second kappa shape index (κ2) is 11.8. The van der Waals surface area contributed by atoms with E-state index in [0.717, 1.165) is 22.3 Å². The molecule has 0 amide bonds. The highest BCUT2D eigenvalue weighted by atomic mass is 32.2. The summed E-state index contributed by atoms with van der Waals surface area (Å²) in [6.07, 6.45) is 7.29. The third kappa shape index (κ3) is 7.99. The predicted molar refractivity (Wildman–Crippen MR) is 146 cm³/mol. The normalized spacial score (nSPS) is 14.3. The molecule has 0 radical (unpaired) electrons. The fraction of sp³-hybridized carbons (Fsp3) is 0.214.